The van der Waals surface area contributed by atoms with Crippen molar-refractivity contribution in [1.82, 2.24) is 24.1 Å². The average molecular weight is 616 g/mol. The zero-order chi connectivity index (χ0) is 32.5. The first kappa shape index (κ1) is 31.5. The number of carbonyl (C=O) groups is 4. The third kappa shape index (κ3) is 7.78. The molecule has 6 aromatic rings. The summed E-state index contributed by atoms with van der Waals surface area (Å²) in [6.45, 7) is 0. The molecule has 0 radical (unpaired) electrons. The molecule has 0 saturated carbocycles. The molecule has 2 aromatic carbocycles. The lowest BCUT2D eigenvalue weighted by atomic mass is 10.0. The zero-order valence-corrected chi connectivity index (χ0v) is 25.6. The van der Waals surface area contributed by atoms with Gasteiger partial charge in [0.1, 0.15) is 11.6 Å². The molecule has 0 fully saturated rings. The van der Waals surface area contributed by atoms with E-state index in [1.807, 2.05) is 57.3 Å². The van der Waals surface area contributed by atoms with E-state index in [1.54, 1.807) is 68.5 Å². The van der Waals surface area contributed by atoms with Gasteiger partial charge < -0.3 is 18.9 Å². The minimum absolute atomic E-state index is 0.0771. The summed E-state index contributed by atoms with van der Waals surface area (Å²) < 4.78 is 8.52. The lowest BCUT2D eigenvalue weighted by molar-refractivity contribution is -0.118. The van der Waals surface area contributed by atoms with Crippen LogP contribution in [0.1, 0.15) is 43.2 Å². The van der Waals surface area contributed by atoms with E-state index < -0.39 is 5.97 Å². The molecule has 0 bridgehead atoms. The van der Waals surface area contributed by atoms with Gasteiger partial charge >= 0.3 is 5.97 Å². The highest BCUT2D eigenvalue weighted by Gasteiger charge is 2.12. The minimum atomic E-state index is -0.400. The lowest BCUT2D eigenvalue weighted by Gasteiger charge is -2.06. The Hall–Kier alpha value is -5.90. The summed E-state index contributed by atoms with van der Waals surface area (Å²) in [5.74, 6) is -0.376. The lowest BCUT2D eigenvalue weighted by Crippen LogP contribution is -2.18. The Morgan fingerprint density at radius 3 is 1.63 bits per heavy atom. The van der Waals surface area contributed by atoms with Crippen LogP contribution in [0.15, 0.2) is 110 Å². The van der Waals surface area contributed by atoms with Crippen LogP contribution >= 0.6 is 0 Å². The second kappa shape index (κ2) is 14.7. The molecule has 0 aliphatic rings. The van der Waals surface area contributed by atoms with Crippen LogP contribution in [0.3, 0.4) is 0 Å². The van der Waals surface area contributed by atoms with Crippen LogP contribution in [0.5, 0.6) is 0 Å². The highest BCUT2D eigenvalue weighted by atomic mass is 16.5. The van der Waals surface area contributed by atoms with Gasteiger partial charge in [0, 0.05) is 49.7 Å². The normalized spacial score (nSPS) is 10.7. The number of imidazole rings is 2. The number of hydrogen-bond donors (Lipinski definition) is 1. The molecule has 1 N–H and O–H groups in total. The number of aromatic nitrogens is 4. The molecule has 0 aliphatic carbocycles. The van der Waals surface area contributed by atoms with Gasteiger partial charge in [0.25, 0.3) is 5.91 Å². The maximum Gasteiger partial charge on any atom is 0.337 e. The molecule has 232 valence electrons. The summed E-state index contributed by atoms with van der Waals surface area (Å²) in [6.07, 6.45) is 8.16. The number of nitrogens with zero attached hydrogens (tertiary/aromatic N) is 4. The van der Waals surface area contributed by atoms with Crippen LogP contribution in [-0.2, 0) is 40.0 Å². The number of hydrogen-bond acceptors (Lipinski definition) is 7. The molecule has 4 heterocycles. The van der Waals surface area contributed by atoms with Crippen molar-refractivity contribution in [3.8, 4) is 0 Å². The quantitative estimate of drug-likeness (QED) is 0.225. The second-order valence-corrected chi connectivity index (χ2v) is 10.7. The standard InChI is InChI=1S/C18H17N3O2.C18H16N2O3/c1-19-18(23)14-5-2-4-13(8-14)9-17(22)10-15-6-3-7-16-11-20-12-21(15)16;1-23-18(22)14-5-2-4-13(8-14)9-17(21)10-15-6-3-7-16-11-19-12-20(15)16/h2-8,11-12H,9-10H2,1H3,(H,19,23);2-8,11-12H,9-10H2,1H3. The number of rotatable bonds is 10. The molecular formula is C36H33N5O5. The maximum atomic E-state index is 12.4. The van der Waals surface area contributed by atoms with Crippen LogP contribution in [0.2, 0.25) is 0 Å². The highest BCUT2D eigenvalue weighted by Crippen LogP contribution is 2.13. The van der Waals surface area contributed by atoms with Gasteiger partial charge in [0.15, 0.2) is 0 Å². The Bertz CT molecular complexity index is 1880. The molecule has 0 saturated heterocycles. The van der Waals surface area contributed by atoms with Crippen molar-refractivity contribution in [1.29, 1.82) is 0 Å². The van der Waals surface area contributed by atoms with Gasteiger partial charge in [-0.25, -0.2) is 14.8 Å². The molecule has 10 heteroatoms. The SMILES string of the molecule is CNC(=O)c1cccc(CC(=O)Cc2cccc3cncn23)c1.COC(=O)c1cccc(CC(=O)Cc2cccc3cncn23)c1. The first-order valence-electron chi connectivity index (χ1n) is 14.7. The number of pyridine rings is 2. The van der Waals surface area contributed by atoms with Crippen molar-refractivity contribution in [3.05, 3.63) is 144 Å². The van der Waals surface area contributed by atoms with Crippen molar-refractivity contribution in [3.63, 3.8) is 0 Å². The predicted octanol–water partition coefficient (Wildman–Crippen LogP) is 4.52. The number of ether oxygens (including phenoxy) is 1. The van der Waals surface area contributed by atoms with Crippen molar-refractivity contribution >= 4 is 34.5 Å². The number of carbonyl (C=O) groups excluding carboxylic acids is 4. The van der Waals surface area contributed by atoms with E-state index in [2.05, 4.69) is 15.3 Å². The highest BCUT2D eigenvalue weighted by molar-refractivity contribution is 5.94. The van der Waals surface area contributed by atoms with Gasteiger partial charge in [-0.15, -0.1) is 0 Å². The molecule has 6 rings (SSSR count). The van der Waals surface area contributed by atoms with Crippen LogP contribution in [0.4, 0.5) is 0 Å². The first-order chi connectivity index (χ1) is 22.3. The van der Waals surface area contributed by atoms with E-state index in [1.165, 1.54) is 7.11 Å². The van der Waals surface area contributed by atoms with Crippen LogP contribution in [-0.4, -0.2) is 56.4 Å². The molecule has 46 heavy (non-hydrogen) atoms. The van der Waals surface area contributed by atoms with E-state index in [9.17, 15) is 19.2 Å². The number of esters is 1. The summed E-state index contributed by atoms with van der Waals surface area (Å²) >= 11 is 0. The summed E-state index contributed by atoms with van der Waals surface area (Å²) in [4.78, 5) is 56.1. The first-order valence-corrected chi connectivity index (χ1v) is 14.7. The number of benzene rings is 2. The molecule has 10 nitrogen and oxygen atoms in total. The van der Waals surface area contributed by atoms with Gasteiger partial charge in [-0.2, -0.15) is 0 Å². The Balaban J connectivity index is 0.000000181. The number of Topliss-reactive ketones (excluding diaryl/α,β-unsaturated/α-hetero) is 2. The molecule has 0 aliphatic heterocycles. The fourth-order valence-electron chi connectivity index (χ4n) is 5.18. The molecule has 0 atom stereocenters. The van der Waals surface area contributed by atoms with Crippen LogP contribution < -0.4 is 5.32 Å². The Morgan fingerprint density at radius 1 is 0.652 bits per heavy atom. The molecule has 0 spiro atoms. The fourth-order valence-corrected chi connectivity index (χ4v) is 5.18. The van der Waals surface area contributed by atoms with Gasteiger partial charge in [0.2, 0.25) is 0 Å². The van der Waals surface area contributed by atoms with E-state index in [-0.39, 0.29) is 23.9 Å². The van der Waals surface area contributed by atoms with Gasteiger partial charge in [-0.1, -0.05) is 36.4 Å². The summed E-state index contributed by atoms with van der Waals surface area (Å²) in [5.41, 5.74) is 6.40. The van der Waals surface area contributed by atoms with E-state index in [4.69, 9.17) is 4.74 Å². The van der Waals surface area contributed by atoms with Gasteiger partial charge in [-0.3, -0.25) is 14.4 Å². The maximum absolute atomic E-state index is 12.4. The largest absolute Gasteiger partial charge is 0.465 e. The molecular weight excluding hydrogens is 582 g/mol. The van der Waals surface area contributed by atoms with Crippen molar-refractivity contribution in [2.45, 2.75) is 25.7 Å². The number of amides is 1. The Kier molecular flexibility index (Phi) is 10.1. The third-order valence-corrected chi connectivity index (χ3v) is 7.39. The average Bonchev–Trinajstić information content (AvgIpc) is 3.76. The monoisotopic (exact) mass is 615 g/mol. The Morgan fingerprint density at radius 2 is 1.13 bits per heavy atom. The predicted molar refractivity (Wildman–Crippen MR) is 173 cm³/mol. The third-order valence-electron chi connectivity index (χ3n) is 7.39. The molecule has 1 amide bonds. The van der Waals surface area contributed by atoms with E-state index in [0.717, 1.165) is 33.5 Å². The molecule has 4 aromatic heterocycles. The smallest absolute Gasteiger partial charge is 0.337 e. The van der Waals surface area contributed by atoms with Crippen molar-refractivity contribution in [2.24, 2.45) is 0 Å². The fraction of sp³-hybridized carbons (Fsp3) is 0.167. The van der Waals surface area contributed by atoms with Crippen molar-refractivity contribution < 1.29 is 23.9 Å². The van der Waals surface area contributed by atoms with Crippen molar-refractivity contribution in [2.75, 3.05) is 14.2 Å². The second-order valence-electron chi connectivity index (χ2n) is 10.7. The number of methoxy groups -OCH3 is 1. The summed E-state index contributed by atoms with van der Waals surface area (Å²) in [7, 11) is 2.93. The summed E-state index contributed by atoms with van der Waals surface area (Å²) in [6, 6.07) is 25.7. The van der Waals surface area contributed by atoms with E-state index >= 15 is 0 Å². The summed E-state index contributed by atoms with van der Waals surface area (Å²) in [5, 5.41) is 2.58. The Labute approximate surface area is 265 Å². The zero-order valence-electron chi connectivity index (χ0n) is 25.6. The van der Waals surface area contributed by atoms with Crippen LogP contribution in [0.25, 0.3) is 11.0 Å². The minimum Gasteiger partial charge on any atom is -0.465 e. The van der Waals surface area contributed by atoms with Crippen LogP contribution in [0, 0.1) is 0 Å². The number of nitrogens with one attached hydrogen (secondary N) is 1. The number of fused-ring (bicyclic) bond motifs is 2. The molecule has 0 unspecified atom stereocenters. The number of ketones is 2. The van der Waals surface area contributed by atoms with Gasteiger partial charge in [0.05, 0.1) is 48.8 Å². The topological polar surface area (TPSA) is 124 Å². The van der Waals surface area contributed by atoms with E-state index in [0.29, 0.717) is 30.4 Å². The van der Waals surface area contributed by atoms with Gasteiger partial charge in [-0.05, 0) is 59.7 Å².